The van der Waals surface area contributed by atoms with Crippen molar-refractivity contribution in [3.05, 3.63) is 23.9 Å². The highest BCUT2D eigenvalue weighted by Gasteiger charge is 2.29. The molecule has 2 saturated heterocycles. The average molecular weight is 302 g/mol. The third-order valence-electron chi connectivity index (χ3n) is 5.19. The molecule has 22 heavy (non-hydrogen) atoms. The maximum atomic E-state index is 4.78. The van der Waals surface area contributed by atoms with E-state index >= 15 is 0 Å². The lowest BCUT2D eigenvalue weighted by Gasteiger charge is -2.41. The number of likely N-dealkylation sites (tertiary alicyclic amines) is 1. The third kappa shape index (κ3) is 3.28. The highest BCUT2D eigenvalue weighted by atomic mass is 15.3. The lowest BCUT2D eigenvalue weighted by atomic mass is 9.94. The van der Waals surface area contributed by atoms with E-state index in [-0.39, 0.29) is 0 Å². The third-order valence-corrected chi connectivity index (χ3v) is 5.19. The Kier molecular flexibility index (Phi) is 4.99. The van der Waals surface area contributed by atoms with Crippen LogP contribution in [0.5, 0.6) is 0 Å². The van der Waals surface area contributed by atoms with E-state index in [2.05, 4.69) is 47.7 Å². The molecule has 3 heterocycles. The standard InChI is InChI=1S/C18H30N4/c1-15(2)22-10-5-4-8-17(22)16-7-6-9-19-18(16)21-13-11-20(3)12-14-21/h6-7,9,15,17H,4-5,8,10-14H2,1-3H3/t17-/m1/s1. The van der Waals surface area contributed by atoms with Gasteiger partial charge in [0.25, 0.3) is 0 Å². The van der Waals surface area contributed by atoms with E-state index in [0.29, 0.717) is 12.1 Å². The molecule has 0 saturated carbocycles. The Morgan fingerprint density at radius 2 is 1.86 bits per heavy atom. The van der Waals surface area contributed by atoms with Crippen molar-refractivity contribution < 1.29 is 0 Å². The zero-order chi connectivity index (χ0) is 15.5. The first kappa shape index (κ1) is 15.8. The number of likely N-dealkylation sites (N-methyl/N-ethyl adjacent to an activating group) is 1. The van der Waals surface area contributed by atoms with Crippen LogP contribution in [0.15, 0.2) is 18.3 Å². The first-order chi connectivity index (χ1) is 10.7. The van der Waals surface area contributed by atoms with Crippen molar-refractivity contribution in [2.45, 2.75) is 45.2 Å². The number of piperidine rings is 1. The van der Waals surface area contributed by atoms with Crippen LogP contribution in [0.3, 0.4) is 0 Å². The van der Waals surface area contributed by atoms with E-state index in [9.17, 15) is 0 Å². The number of aromatic nitrogens is 1. The Morgan fingerprint density at radius 3 is 2.59 bits per heavy atom. The molecule has 2 aliphatic rings. The molecule has 0 aliphatic carbocycles. The summed E-state index contributed by atoms with van der Waals surface area (Å²) in [7, 11) is 2.21. The smallest absolute Gasteiger partial charge is 0.133 e. The Bertz CT molecular complexity index is 480. The van der Waals surface area contributed by atoms with E-state index in [1.54, 1.807) is 0 Å². The molecule has 0 spiro atoms. The molecule has 122 valence electrons. The van der Waals surface area contributed by atoms with Crippen molar-refractivity contribution in [2.24, 2.45) is 0 Å². The van der Waals surface area contributed by atoms with Gasteiger partial charge in [-0.2, -0.15) is 0 Å². The lowest BCUT2D eigenvalue weighted by molar-refractivity contribution is 0.112. The fourth-order valence-corrected chi connectivity index (χ4v) is 3.86. The number of pyridine rings is 1. The van der Waals surface area contributed by atoms with Gasteiger partial charge in [0.15, 0.2) is 0 Å². The SMILES string of the molecule is CC(C)N1CCCC[C@@H]1c1cccnc1N1CCN(C)CC1. The zero-order valence-electron chi connectivity index (χ0n) is 14.3. The molecule has 2 aliphatic heterocycles. The van der Waals surface area contributed by atoms with Gasteiger partial charge in [-0.3, -0.25) is 4.90 Å². The Hall–Kier alpha value is -1.13. The van der Waals surface area contributed by atoms with E-state index < -0.39 is 0 Å². The molecule has 1 aromatic heterocycles. The van der Waals surface area contributed by atoms with Gasteiger partial charge in [0.05, 0.1) is 0 Å². The van der Waals surface area contributed by atoms with E-state index in [1.807, 2.05) is 6.20 Å². The van der Waals surface area contributed by atoms with Gasteiger partial charge >= 0.3 is 0 Å². The second-order valence-corrected chi connectivity index (χ2v) is 7.05. The molecule has 1 atom stereocenters. The van der Waals surface area contributed by atoms with Gasteiger partial charge in [-0.1, -0.05) is 12.5 Å². The fourth-order valence-electron chi connectivity index (χ4n) is 3.86. The predicted molar refractivity (Wildman–Crippen MR) is 92.4 cm³/mol. The fraction of sp³-hybridized carbons (Fsp3) is 0.722. The van der Waals surface area contributed by atoms with Crippen LogP contribution in [0, 0.1) is 0 Å². The van der Waals surface area contributed by atoms with Gasteiger partial charge in [-0.25, -0.2) is 4.98 Å². The first-order valence-electron chi connectivity index (χ1n) is 8.81. The largest absolute Gasteiger partial charge is 0.354 e. The van der Waals surface area contributed by atoms with E-state index in [0.717, 1.165) is 26.2 Å². The molecule has 2 fully saturated rings. The number of piperazine rings is 1. The van der Waals surface area contributed by atoms with Crippen LogP contribution < -0.4 is 4.90 Å². The van der Waals surface area contributed by atoms with Gasteiger partial charge in [-0.05, 0) is 46.3 Å². The molecule has 4 nitrogen and oxygen atoms in total. The zero-order valence-corrected chi connectivity index (χ0v) is 14.3. The minimum atomic E-state index is 0.539. The first-order valence-corrected chi connectivity index (χ1v) is 8.81. The lowest BCUT2D eigenvalue weighted by Crippen LogP contribution is -2.46. The maximum absolute atomic E-state index is 4.78. The molecule has 0 unspecified atom stereocenters. The van der Waals surface area contributed by atoms with Crippen molar-refractivity contribution in [3.63, 3.8) is 0 Å². The molecule has 0 N–H and O–H groups in total. The average Bonchev–Trinajstić information content (AvgIpc) is 2.55. The molecule has 0 amide bonds. The second kappa shape index (κ2) is 6.97. The van der Waals surface area contributed by atoms with Crippen molar-refractivity contribution in [3.8, 4) is 0 Å². The Morgan fingerprint density at radius 1 is 1.09 bits per heavy atom. The monoisotopic (exact) mass is 302 g/mol. The van der Waals surface area contributed by atoms with Crippen LogP contribution in [0.1, 0.15) is 44.7 Å². The number of nitrogens with zero attached hydrogens (tertiary/aromatic N) is 4. The molecule has 3 rings (SSSR count). The van der Waals surface area contributed by atoms with Gasteiger partial charge in [0, 0.05) is 50.0 Å². The molecular formula is C18H30N4. The van der Waals surface area contributed by atoms with Gasteiger partial charge in [-0.15, -0.1) is 0 Å². The number of anilines is 1. The van der Waals surface area contributed by atoms with Crippen molar-refractivity contribution in [1.29, 1.82) is 0 Å². The van der Waals surface area contributed by atoms with Crippen molar-refractivity contribution >= 4 is 5.82 Å². The summed E-state index contributed by atoms with van der Waals surface area (Å²) in [5.74, 6) is 1.23. The summed E-state index contributed by atoms with van der Waals surface area (Å²) in [6.45, 7) is 10.3. The molecule has 4 heteroatoms. The van der Waals surface area contributed by atoms with Crippen LogP contribution in [-0.4, -0.2) is 60.6 Å². The minimum Gasteiger partial charge on any atom is -0.354 e. The second-order valence-electron chi connectivity index (χ2n) is 7.05. The highest BCUT2D eigenvalue weighted by Crippen LogP contribution is 2.36. The van der Waals surface area contributed by atoms with Gasteiger partial charge < -0.3 is 9.80 Å². The summed E-state index contributed by atoms with van der Waals surface area (Å²) in [5.41, 5.74) is 1.44. The topological polar surface area (TPSA) is 22.6 Å². The summed E-state index contributed by atoms with van der Waals surface area (Å²) in [5, 5.41) is 0. The number of hydrogen-bond acceptors (Lipinski definition) is 4. The van der Waals surface area contributed by atoms with Crippen molar-refractivity contribution in [2.75, 3.05) is 44.7 Å². The Labute approximate surface area is 135 Å². The summed E-state index contributed by atoms with van der Waals surface area (Å²) in [4.78, 5) is 12.3. The normalized spacial score (nSPS) is 24.9. The molecule has 1 aromatic rings. The molecule has 0 aromatic carbocycles. The van der Waals surface area contributed by atoms with Gasteiger partial charge in [0.1, 0.15) is 5.82 Å². The molecule has 0 bridgehead atoms. The number of rotatable bonds is 3. The predicted octanol–water partition coefficient (Wildman–Crippen LogP) is 2.77. The summed E-state index contributed by atoms with van der Waals surface area (Å²) in [6, 6.07) is 5.57. The summed E-state index contributed by atoms with van der Waals surface area (Å²) >= 11 is 0. The van der Waals surface area contributed by atoms with Crippen LogP contribution in [0.25, 0.3) is 0 Å². The Balaban J connectivity index is 1.86. The van der Waals surface area contributed by atoms with Crippen LogP contribution >= 0.6 is 0 Å². The van der Waals surface area contributed by atoms with Crippen molar-refractivity contribution in [1.82, 2.24) is 14.8 Å². The summed E-state index contributed by atoms with van der Waals surface area (Å²) < 4.78 is 0. The highest BCUT2D eigenvalue weighted by molar-refractivity contribution is 5.49. The maximum Gasteiger partial charge on any atom is 0.133 e. The minimum absolute atomic E-state index is 0.539. The summed E-state index contributed by atoms with van der Waals surface area (Å²) in [6.07, 6.45) is 5.90. The van der Waals surface area contributed by atoms with Crippen LogP contribution in [-0.2, 0) is 0 Å². The molecule has 0 radical (unpaired) electrons. The van der Waals surface area contributed by atoms with Crippen LogP contribution in [0.2, 0.25) is 0 Å². The van der Waals surface area contributed by atoms with E-state index in [4.69, 9.17) is 4.98 Å². The number of hydrogen-bond donors (Lipinski definition) is 0. The van der Waals surface area contributed by atoms with E-state index in [1.165, 1.54) is 37.2 Å². The van der Waals surface area contributed by atoms with Crippen LogP contribution in [0.4, 0.5) is 5.82 Å². The molecular weight excluding hydrogens is 272 g/mol. The van der Waals surface area contributed by atoms with Gasteiger partial charge in [0.2, 0.25) is 0 Å². The quantitative estimate of drug-likeness (QED) is 0.856.